The van der Waals surface area contributed by atoms with Crippen LogP contribution in [0.25, 0.3) is 0 Å². The summed E-state index contributed by atoms with van der Waals surface area (Å²) < 4.78 is 0. The van der Waals surface area contributed by atoms with Crippen LogP contribution in [0.15, 0.2) is 12.1 Å². The highest BCUT2D eigenvalue weighted by atomic mass is 15.3. The summed E-state index contributed by atoms with van der Waals surface area (Å²) in [5, 5.41) is 11.9. The quantitative estimate of drug-likeness (QED) is 0.787. The van der Waals surface area contributed by atoms with Gasteiger partial charge in [0.05, 0.1) is 5.69 Å². The van der Waals surface area contributed by atoms with Crippen LogP contribution in [0.5, 0.6) is 0 Å². The minimum atomic E-state index is 0.665. The first kappa shape index (κ1) is 13.9. The number of rotatable bonds is 7. The van der Waals surface area contributed by atoms with E-state index in [0.717, 1.165) is 37.7 Å². The van der Waals surface area contributed by atoms with Crippen LogP contribution in [-0.2, 0) is 6.54 Å². The van der Waals surface area contributed by atoms with Gasteiger partial charge in [-0.15, -0.1) is 5.10 Å². The lowest BCUT2D eigenvalue weighted by atomic mass is 10.2. The first-order chi connectivity index (χ1) is 8.17. The maximum absolute atomic E-state index is 4.25. The monoisotopic (exact) mass is 236 g/mol. The van der Waals surface area contributed by atoms with E-state index in [4.69, 9.17) is 0 Å². The molecule has 0 aliphatic heterocycles. The van der Waals surface area contributed by atoms with Crippen molar-refractivity contribution in [1.29, 1.82) is 0 Å². The third kappa shape index (κ3) is 4.69. The molecule has 0 bridgehead atoms. The van der Waals surface area contributed by atoms with Crippen LogP contribution in [0.1, 0.15) is 33.4 Å². The first-order valence-electron chi connectivity index (χ1n) is 6.45. The lowest BCUT2D eigenvalue weighted by Gasteiger charge is -2.18. The molecule has 1 rings (SSSR count). The number of anilines is 1. The molecule has 0 aliphatic carbocycles. The molecule has 0 atom stereocenters. The molecular weight excluding hydrogens is 212 g/mol. The molecule has 4 nitrogen and oxygen atoms in total. The van der Waals surface area contributed by atoms with Crippen LogP contribution in [0.4, 0.5) is 5.82 Å². The van der Waals surface area contributed by atoms with Crippen molar-refractivity contribution < 1.29 is 0 Å². The van der Waals surface area contributed by atoms with E-state index in [1.165, 1.54) is 0 Å². The zero-order valence-electron chi connectivity index (χ0n) is 11.4. The largest absolute Gasteiger partial charge is 0.356 e. The minimum absolute atomic E-state index is 0.665. The number of hydrogen-bond acceptors (Lipinski definition) is 4. The zero-order valence-corrected chi connectivity index (χ0v) is 11.4. The van der Waals surface area contributed by atoms with Gasteiger partial charge < -0.3 is 10.2 Å². The SMILES string of the molecule is CCN(CC)c1ccc(CNCC(C)C)nn1. The van der Waals surface area contributed by atoms with Gasteiger partial charge in [-0.2, -0.15) is 5.10 Å². The average Bonchev–Trinajstić information content (AvgIpc) is 2.32. The Labute approximate surface area is 104 Å². The van der Waals surface area contributed by atoms with Crippen molar-refractivity contribution in [3.8, 4) is 0 Å². The lowest BCUT2D eigenvalue weighted by Crippen LogP contribution is -2.24. The van der Waals surface area contributed by atoms with Gasteiger partial charge in [0.15, 0.2) is 5.82 Å². The number of hydrogen-bond donors (Lipinski definition) is 1. The number of nitrogens with zero attached hydrogens (tertiary/aromatic N) is 3. The molecule has 1 N–H and O–H groups in total. The second-order valence-electron chi connectivity index (χ2n) is 4.58. The predicted octanol–water partition coefficient (Wildman–Crippen LogP) is 2.07. The molecule has 4 heteroatoms. The zero-order chi connectivity index (χ0) is 12.7. The second-order valence-corrected chi connectivity index (χ2v) is 4.58. The Morgan fingerprint density at radius 2 is 1.88 bits per heavy atom. The molecule has 0 fully saturated rings. The molecule has 0 unspecified atom stereocenters. The molecule has 0 radical (unpaired) electrons. The van der Waals surface area contributed by atoms with Crippen molar-refractivity contribution in [3.63, 3.8) is 0 Å². The number of aromatic nitrogens is 2. The van der Waals surface area contributed by atoms with E-state index >= 15 is 0 Å². The summed E-state index contributed by atoms with van der Waals surface area (Å²) in [5.41, 5.74) is 1.00. The Morgan fingerprint density at radius 3 is 2.35 bits per heavy atom. The Bertz CT molecular complexity index is 304. The van der Waals surface area contributed by atoms with E-state index in [9.17, 15) is 0 Å². The van der Waals surface area contributed by atoms with Gasteiger partial charge in [-0.1, -0.05) is 13.8 Å². The molecule has 0 amide bonds. The van der Waals surface area contributed by atoms with E-state index in [2.05, 4.69) is 48.1 Å². The van der Waals surface area contributed by atoms with E-state index in [1.54, 1.807) is 0 Å². The molecule has 0 aliphatic rings. The summed E-state index contributed by atoms with van der Waals surface area (Å²) in [5.74, 6) is 1.63. The van der Waals surface area contributed by atoms with Gasteiger partial charge in [0.1, 0.15) is 0 Å². The van der Waals surface area contributed by atoms with Gasteiger partial charge in [0, 0.05) is 19.6 Å². The summed E-state index contributed by atoms with van der Waals surface area (Å²) in [7, 11) is 0. The summed E-state index contributed by atoms with van der Waals surface area (Å²) in [6.45, 7) is 12.4. The average molecular weight is 236 g/mol. The van der Waals surface area contributed by atoms with Crippen LogP contribution in [0.3, 0.4) is 0 Å². The smallest absolute Gasteiger partial charge is 0.151 e. The topological polar surface area (TPSA) is 41.0 Å². The molecule has 0 aromatic carbocycles. The summed E-state index contributed by atoms with van der Waals surface area (Å²) >= 11 is 0. The fourth-order valence-corrected chi connectivity index (χ4v) is 1.65. The third-order valence-corrected chi connectivity index (χ3v) is 2.65. The van der Waals surface area contributed by atoms with Crippen LogP contribution in [-0.4, -0.2) is 29.8 Å². The van der Waals surface area contributed by atoms with Crippen molar-refractivity contribution in [3.05, 3.63) is 17.8 Å². The Kier molecular flexibility index (Phi) is 5.91. The molecule has 1 aromatic rings. The fourth-order valence-electron chi connectivity index (χ4n) is 1.65. The summed E-state index contributed by atoms with van der Waals surface area (Å²) in [4.78, 5) is 2.19. The molecule has 0 saturated carbocycles. The van der Waals surface area contributed by atoms with E-state index in [-0.39, 0.29) is 0 Å². The maximum Gasteiger partial charge on any atom is 0.151 e. The van der Waals surface area contributed by atoms with Crippen LogP contribution >= 0.6 is 0 Å². The van der Waals surface area contributed by atoms with Crippen molar-refractivity contribution in [2.24, 2.45) is 5.92 Å². The van der Waals surface area contributed by atoms with Crippen molar-refractivity contribution >= 4 is 5.82 Å². The Morgan fingerprint density at radius 1 is 1.18 bits per heavy atom. The Balaban J connectivity index is 2.49. The van der Waals surface area contributed by atoms with Gasteiger partial charge in [-0.3, -0.25) is 0 Å². The highest BCUT2D eigenvalue weighted by molar-refractivity contribution is 5.36. The normalized spacial score (nSPS) is 10.9. The van der Waals surface area contributed by atoms with Crippen LogP contribution in [0, 0.1) is 5.92 Å². The molecule has 1 aromatic heterocycles. The highest BCUT2D eigenvalue weighted by Crippen LogP contribution is 2.08. The second kappa shape index (κ2) is 7.22. The first-order valence-corrected chi connectivity index (χ1v) is 6.45. The van der Waals surface area contributed by atoms with E-state index in [0.29, 0.717) is 5.92 Å². The van der Waals surface area contributed by atoms with Gasteiger partial charge in [-0.25, -0.2) is 0 Å². The minimum Gasteiger partial charge on any atom is -0.356 e. The third-order valence-electron chi connectivity index (χ3n) is 2.65. The van der Waals surface area contributed by atoms with Crippen molar-refractivity contribution in [2.45, 2.75) is 34.2 Å². The van der Waals surface area contributed by atoms with Gasteiger partial charge >= 0.3 is 0 Å². The maximum atomic E-state index is 4.25. The van der Waals surface area contributed by atoms with Gasteiger partial charge in [0.2, 0.25) is 0 Å². The lowest BCUT2D eigenvalue weighted by molar-refractivity contribution is 0.546. The van der Waals surface area contributed by atoms with Crippen LogP contribution < -0.4 is 10.2 Å². The fraction of sp³-hybridized carbons (Fsp3) is 0.692. The highest BCUT2D eigenvalue weighted by Gasteiger charge is 2.04. The molecule has 0 spiro atoms. The standard InChI is InChI=1S/C13H24N4/c1-5-17(6-2)13-8-7-12(15-16-13)10-14-9-11(3)4/h7-8,11,14H,5-6,9-10H2,1-4H3. The van der Waals surface area contributed by atoms with Gasteiger partial charge in [-0.05, 0) is 38.4 Å². The summed E-state index contributed by atoms with van der Waals surface area (Å²) in [6.07, 6.45) is 0. The van der Waals surface area contributed by atoms with Crippen LogP contribution in [0.2, 0.25) is 0 Å². The van der Waals surface area contributed by atoms with E-state index < -0.39 is 0 Å². The predicted molar refractivity (Wildman–Crippen MR) is 72.1 cm³/mol. The molecule has 17 heavy (non-hydrogen) atoms. The molecule has 1 heterocycles. The van der Waals surface area contributed by atoms with Crippen molar-refractivity contribution in [1.82, 2.24) is 15.5 Å². The van der Waals surface area contributed by atoms with Crippen molar-refractivity contribution in [2.75, 3.05) is 24.5 Å². The molecule has 0 saturated heterocycles. The van der Waals surface area contributed by atoms with Gasteiger partial charge in [0.25, 0.3) is 0 Å². The number of nitrogens with one attached hydrogen (secondary N) is 1. The molecule has 96 valence electrons. The Hall–Kier alpha value is -1.16. The molecular formula is C13H24N4. The summed E-state index contributed by atoms with van der Waals surface area (Å²) in [6, 6.07) is 4.10. The van der Waals surface area contributed by atoms with E-state index in [1.807, 2.05) is 12.1 Å².